The van der Waals surface area contributed by atoms with Gasteiger partial charge in [-0.2, -0.15) is 0 Å². The molecule has 16 heavy (non-hydrogen) atoms. The fourth-order valence-electron chi connectivity index (χ4n) is 2.05. The molecule has 2 rings (SSSR count). The maximum absolute atomic E-state index is 9.40. The predicted molar refractivity (Wildman–Crippen MR) is 67.0 cm³/mol. The first kappa shape index (κ1) is 12.0. The summed E-state index contributed by atoms with van der Waals surface area (Å²) in [6.45, 7) is 0.862. The van der Waals surface area contributed by atoms with E-state index >= 15 is 0 Å². The lowest BCUT2D eigenvalue weighted by Crippen LogP contribution is -2.34. The van der Waals surface area contributed by atoms with Gasteiger partial charge in [0.1, 0.15) is 4.60 Å². The highest BCUT2D eigenvalue weighted by Crippen LogP contribution is 2.18. The van der Waals surface area contributed by atoms with Crippen molar-refractivity contribution in [3.63, 3.8) is 0 Å². The number of pyridine rings is 1. The number of aliphatic hydroxyl groups excluding tert-OH is 1. The van der Waals surface area contributed by atoms with Gasteiger partial charge in [0.2, 0.25) is 0 Å². The van der Waals surface area contributed by atoms with Crippen molar-refractivity contribution in [1.29, 1.82) is 0 Å². The van der Waals surface area contributed by atoms with Gasteiger partial charge in [0, 0.05) is 18.8 Å². The Balaban J connectivity index is 1.77. The van der Waals surface area contributed by atoms with Crippen molar-refractivity contribution in [3.05, 3.63) is 28.5 Å². The number of nitrogens with one attached hydrogen (secondary N) is 1. The number of halogens is 1. The second-order valence-corrected chi connectivity index (χ2v) is 5.19. The highest BCUT2D eigenvalue weighted by atomic mass is 79.9. The van der Waals surface area contributed by atoms with E-state index in [1.54, 1.807) is 0 Å². The summed E-state index contributed by atoms with van der Waals surface area (Å²) in [5, 5.41) is 12.9. The number of rotatable bonds is 3. The van der Waals surface area contributed by atoms with Crippen LogP contribution in [0.1, 0.15) is 31.2 Å². The van der Waals surface area contributed by atoms with Gasteiger partial charge in [-0.3, -0.25) is 0 Å². The van der Waals surface area contributed by atoms with Gasteiger partial charge in [0.05, 0.1) is 6.10 Å². The van der Waals surface area contributed by atoms with E-state index in [-0.39, 0.29) is 6.10 Å². The van der Waals surface area contributed by atoms with Crippen molar-refractivity contribution in [1.82, 2.24) is 10.3 Å². The van der Waals surface area contributed by atoms with Crippen LogP contribution in [0.2, 0.25) is 0 Å². The smallest absolute Gasteiger partial charge is 0.106 e. The van der Waals surface area contributed by atoms with Gasteiger partial charge in [0.25, 0.3) is 0 Å². The van der Waals surface area contributed by atoms with Gasteiger partial charge in [-0.15, -0.1) is 0 Å². The minimum atomic E-state index is -0.0765. The van der Waals surface area contributed by atoms with E-state index in [9.17, 15) is 5.11 Å². The predicted octanol–water partition coefficient (Wildman–Crippen LogP) is 2.24. The first-order chi connectivity index (χ1) is 7.74. The molecule has 0 amide bonds. The van der Waals surface area contributed by atoms with Crippen LogP contribution in [0.4, 0.5) is 0 Å². The maximum Gasteiger partial charge on any atom is 0.106 e. The number of hydrogen-bond acceptors (Lipinski definition) is 3. The van der Waals surface area contributed by atoms with Crippen molar-refractivity contribution in [2.75, 3.05) is 0 Å². The summed E-state index contributed by atoms with van der Waals surface area (Å²) < 4.78 is 0.872. The summed E-state index contributed by atoms with van der Waals surface area (Å²) >= 11 is 3.32. The third-order valence-corrected chi connectivity index (χ3v) is 3.55. The molecule has 1 heterocycles. The summed E-state index contributed by atoms with van der Waals surface area (Å²) in [5.41, 5.74) is 1.20. The van der Waals surface area contributed by atoms with Crippen LogP contribution in [-0.2, 0) is 6.54 Å². The minimum Gasteiger partial charge on any atom is -0.393 e. The van der Waals surface area contributed by atoms with E-state index in [1.165, 1.54) is 5.56 Å². The van der Waals surface area contributed by atoms with Crippen molar-refractivity contribution < 1.29 is 5.11 Å². The monoisotopic (exact) mass is 284 g/mol. The third kappa shape index (κ3) is 3.54. The largest absolute Gasteiger partial charge is 0.393 e. The molecular formula is C12H17BrN2O. The molecule has 1 aromatic heterocycles. The van der Waals surface area contributed by atoms with Gasteiger partial charge in [-0.1, -0.05) is 6.07 Å². The maximum atomic E-state index is 9.40. The van der Waals surface area contributed by atoms with Crippen molar-refractivity contribution >= 4 is 15.9 Å². The Kier molecular flexibility index (Phi) is 4.32. The lowest BCUT2D eigenvalue weighted by Gasteiger charge is -2.26. The Morgan fingerprint density at radius 3 is 2.69 bits per heavy atom. The highest BCUT2D eigenvalue weighted by Gasteiger charge is 2.18. The zero-order valence-corrected chi connectivity index (χ0v) is 10.8. The normalized spacial score (nSPS) is 25.6. The Morgan fingerprint density at radius 2 is 2.06 bits per heavy atom. The Morgan fingerprint density at radius 1 is 1.31 bits per heavy atom. The molecule has 1 fully saturated rings. The third-order valence-electron chi connectivity index (χ3n) is 3.08. The molecule has 0 radical (unpaired) electrons. The summed E-state index contributed by atoms with van der Waals surface area (Å²) in [4.78, 5) is 4.19. The molecular weight excluding hydrogens is 268 g/mol. The van der Waals surface area contributed by atoms with Crippen LogP contribution < -0.4 is 5.32 Å². The van der Waals surface area contributed by atoms with E-state index in [0.717, 1.165) is 36.8 Å². The Labute approximate surface area is 104 Å². The molecule has 4 heteroatoms. The summed E-state index contributed by atoms with van der Waals surface area (Å²) in [6.07, 6.45) is 5.81. The average molecular weight is 285 g/mol. The van der Waals surface area contributed by atoms with Crippen LogP contribution >= 0.6 is 15.9 Å². The van der Waals surface area contributed by atoms with E-state index in [1.807, 2.05) is 12.3 Å². The number of aliphatic hydroxyl groups is 1. The summed E-state index contributed by atoms with van der Waals surface area (Å²) in [7, 11) is 0. The lowest BCUT2D eigenvalue weighted by molar-refractivity contribution is 0.116. The standard InChI is InChI=1S/C12H17BrN2O/c13-12-6-1-9(8-15-12)7-14-10-2-4-11(16)5-3-10/h1,6,8,10-11,14,16H,2-5,7H2. The van der Waals surface area contributed by atoms with E-state index < -0.39 is 0 Å². The molecule has 0 aliphatic heterocycles. The minimum absolute atomic E-state index is 0.0765. The molecule has 1 saturated carbocycles. The van der Waals surface area contributed by atoms with Crippen molar-refractivity contribution in [2.45, 2.75) is 44.4 Å². The number of aromatic nitrogens is 1. The molecule has 1 aliphatic rings. The van der Waals surface area contributed by atoms with Crippen LogP contribution in [0.5, 0.6) is 0 Å². The lowest BCUT2D eigenvalue weighted by atomic mass is 9.93. The summed E-state index contributed by atoms with van der Waals surface area (Å²) in [6, 6.07) is 4.58. The molecule has 0 saturated heterocycles. The van der Waals surface area contributed by atoms with Crippen molar-refractivity contribution in [3.8, 4) is 0 Å². The zero-order valence-electron chi connectivity index (χ0n) is 9.19. The molecule has 0 spiro atoms. The number of hydrogen-bond donors (Lipinski definition) is 2. The molecule has 1 aromatic rings. The fraction of sp³-hybridized carbons (Fsp3) is 0.583. The molecule has 2 N–H and O–H groups in total. The molecule has 0 unspecified atom stereocenters. The van der Waals surface area contributed by atoms with Gasteiger partial charge >= 0.3 is 0 Å². The van der Waals surface area contributed by atoms with Crippen LogP contribution in [0.3, 0.4) is 0 Å². The highest BCUT2D eigenvalue weighted by molar-refractivity contribution is 9.10. The molecule has 0 atom stereocenters. The molecule has 3 nitrogen and oxygen atoms in total. The Hall–Kier alpha value is -0.450. The van der Waals surface area contributed by atoms with Gasteiger partial charge in [0.15, 0.2) is 0 Å². The topological polar surface area (TPSA) is 45.1 Å². The van der Waals surface area contributed by atoms with Crippen LogP contribution in [0.25, 0.3) is 0 Å². The van der Waals surface area contributed by atoms with E-state index in [2.05, 4.69) is 32.3 Å². The fourth-order valence-corrected chi connectivity index (χ4v) is 2.29. The van der Waals surface area contributed by atoms with E-state index in [4.69, 9.17) is 0 Å². The number of nitrogens with zero attached hydrogens (tertiary/aromatic N) is 1. The first-order valence-electron chi connectivity index (χ1n) is 5.76. The van der Waals surface area contributed by atoms with Crippen molar-refractivity contribution in [2.24, 2.45) is 0 Å². The van der Waals surface area contributed by atoms with Crippen LogP contribution in [0, 0.1) is 0 Å². The second kappa shape index (κ2) is 5.75. The quantitative estimate of drug-likeness (QED) is 0.837. The SMILES string of the molecule is OC1CCC(NCc2ccc(Br)nc2)CC1. The summed E-state index contributed by atoms with van der Waals surface area (Å²) in [5.74, 6) is 0. The van der Waals surface area contributed by atoms with Crippen LogP contribution in [0.15, 0.2) is 22.9 Å². The molecule has 0 aromatic carbocycles. The van der Waals surface area contributed by atoms with Gasteiger partial charge < -0.3 is 10.4 Å². The average Bonchev–Trinajstić information content (AvgIpc) is 2.30. The molecule has 0 bridgehead atoms. The van der Waals surface area contributed by atoms with Gasteiger partial charge in [-0.25, -0.2) is 4.98 Å². The van der Waals surface area contributed by atoms with E-state index in [0.29, 0.717) is 6.04 Å². The van der Waals surface area contributed by atoms with Crippen LogP contribution in [-0.4, -0.2) is 22.2 Å². The Bertz CT molecular complexity index is 320. The zero-order chi connectivity index (χ0) is 11.4. The second-order valence-electron chi connectivity index (χ2n) is 4.38. The first-order valence-corrected chi connectivity index (χ1v) is 6.55. The van der Waals surface area contributed by atoms with Gasteiger partial charge in [-0.05, 0) is 53.2 Å². The molecule has 1 aliphatic carbocycles. The molecule has 88 valence electrons.